The molecule has 19 heteroatoms. The zero-order valence-corrected chi connectivity index (χ0v) is 50.3. The molecule has 11 aromatic heterocycles. The van der Waals surface area contributed by atoms with Gasteiger partial charge in [-0.2, -0.15) is 10.2 Å². The van der Waals surface area contributed by atoms with Gasteiger partial charge in [-0.1, -0.05) is 61.7 Å². The second-order valence-electron chi connectivity index (χ2n) is 15.5. The van der Waals surface area contributed by atoms with Crippen LogP contribution >= 0.6 is 119 Å². The first-order valence-electron chi connectivity index (χ1n) is 22.5. The number of rotatable bonds is 0. The van der Waals surface area contributed by atoms with Crippen molar-refractivity contribution in [3.8, 4) is 0 Å². The van der Waals surface area contributed by atoms with Crippen LogP contribution in [0.1, 0.15) is 0 Å². The first kappa shape index (κ1) is 56.0. The van der Waals surface area contributed by atoms with Gasteiger partial charge in [0.1, 0.15) is 4.83 Å². The molecule has 0 bridgehead atoms. The minimum absolute atomic E-state index is 0.755. The van der Waals surface area contributed by atoms with E-state index in [2.05, 4.69) is 169 Å². The largest absolute Gasteiger partial charge is 0.264 e. The number of halogens is 7. The summed E-state index contributed by atoms with van der Waals surface area (Å²) in [6.45, 7) is 0. The SMILES string of the molecule is Brc1ccc2cccnc2c1.Brc1ccc2nnccc2c1.Brc1cnc2cccnc2c1.Brc1cnc2ccncc2c1.Brc1cnc2ncccc2c1.Brc1cnc2sccc2c1.Clc1ccc2ncccc2c1. The van der Waals surface area contributed by atoms with Crippen LogP contribution in [0.2, 0.25) is 5.02 Å². The standard InChI is InChI=1S/C9H6BrN.C9H6ClN.4C8H5BrN2.C7H4BrNS/c10-8-4-3-7-2-1-5-11-9(7)6-8;10-8-3-4-9-7(6-8)2-1-5-11-9;9-7-3-6-4-10-2-1-8(6)11-5-7;9-7-1-2-8-6(5-7)3-4-10-11-8;9-6-4-8-7(11-5-6)2-1-3-10-8;9-7-4-6-2-1-3-10-8(6)11-5-7;8-6-3-5-1-2-10-7(5)9-4-6/h2*1-6H;4*1-5H;1-4H. The Bertz CT molecular complexity index is 3580. The van der Waals surface area contributed by atoms with E-state index in [1.54, 1.807) is 73.3 Å². The van der Waals surface area contributed by atoms with Crippen LogP contribution in [0, 0.1) is 0 Å². The van der Waals surface area contributed by atoms with Crippen molar-refractivity contribution in [2.45, 2.75) is 0 Å². The Kier molecular flexibility index (Phi) is 21.2. The summed E-state index contributed by atoms with van der Waals surface area (Å²) in [5, 5.41) is 17.2. The van der Waals surface area contributed by atoms with Crippen molar-refractivity contribution in [1.29, 1.82) is 0 Å². The summed E-state index contributed by atoms with van der Waals surface area (Å²) < 4.78 is 6.11. The number of hydrogen-bond acceptors (Lipinski definition) is 12. The second-order valence-corrected chi connectivity index (χ2v) is 22.3. The molecule has 0 saturated carbocycles. The van der Waals surface area contributed by atoms with Gasteiger partial charge in [-0.15, -0.1) is 11.3 Å². The molecule has 0 amide bonds. The van der Waals surface area contributed by atoms with Gasteiger partial charge in [0.25, 0.3) is 0 Å². The molecule has 0 atom stereocenters. The monoisotopic (exact) mass is 1410 g/mol. The van der Waals surface area contributed by atoms with Gasteiger partial charge in [0.15, 0.2) is 5.65 Å². The van der Waals surface area contributed by atoms with E-state index in [0.29, 0.717) is 0 Å². The predicted octanol–water partition coefficient (Wildman–Crippen LogP) is 18.5. The van der Waals surface area contributed by atoms with Crippen molar-refractivity contribution in [3.05, 3.63) is 251 Å². The minimum Gasteiger partial charge on any atom is -0.264 e. The molecule has 0 spiro atoms. The summed E-state index contributed by atoms with van der Waals surface area (Å²) in [5.41, 5.74) is 6.55. The Hall–Kier alpha value is -6.22. The highest BCUT2D eigenvalue weighted by molar-refractivity contribution is 9.11. The summed E-state index contributed by atoms with van der Waals surface area (Å²) in [4.78, 5) is 38.4. The van der Waals surface area contributed by atoms with E-state index in [0.717, 1.165) is 97.0 Å². The van der Waals surface area contributed by atoms with E-state index in [4.69, 9.17) is 11.6 Å². The molecule has 0 N–H and O–H groups in total. The molecular weight excluding hydrogens is 1390 g/mol. The van der Waals surface area contributed by atoms with Crippen molar-refractivity contribution in [1.82, 2.24) is 55.1 Å². The van der Waals surface area contributed by atoms with Crippen LogP contribution in [-0.4, -0.2) is 55.1 Å². The maximum atomic E-state index is 5.79. The molecule has 76 heavy (non-hydrogen) atoms. The molecule has 0 aliphatic carbocycles. The quantitative estimate of drug-likeness (QED) is 0.143. The number of fused-ring (bicyclic) bond motifs is 7. The van der Waals surface area contributed by atoms with Crippen LogP contribution in [0.15, 0.2) is 246 Å². The van der Waals surface area contributed by atoms with Gasteiger partial charge in [0.2, 0.25) is 0 Å². The Morgan fingerprint density at radius 2 is 0.895 bits per heavy atom. The van der Waals surface area contributed by atoms with Gasteiger partial charge in [0, 0.05) is 126 Å². The maximum absolute atomic E-state index is 5.79. The molecule has 14 rings (SSSR count). The Labute approximate surface area is 495 Å². The van der Waals surface area contributed by atoms with Crippen molar-refractivity contribution in [3.63, 3.8) is 0 Å². The lowest BCUT2D eigenvalue weighted by Crippen LogP contribution is -1.80. The first-order chi connectivity index (χ1) is 37.0. The lowest BCUT2D eigenvalue weighted by molar-refractivity contribution is 1.08. The molecule has 0 aliphatic heterocycles. The molecule has 0 unspecified atom stereocenters. The summed E-state index contributed by atoms with van der Waals surface area (Å²) in [6, 6.07) is 47.1. The molecule has 0 fully saturated rings. The summed E-state index contributed by atoms with van der Waals surface area (Å²) in [5.74, 6) is 0. The highest BCUT2D eigenvalue weighted by Gasteiger charge is 1.99. The summed E-state index contributed by atoms with van der Waals surface area (Å²) in [6.07, 6.45) is 19.4. The average molecular weight is 1420 g/mol. The van der Waals surface area contributed by atoms with E-state index in [1.165, 1.54) is 10.8 Å². The van der Waals surface area contributed by atoms with Gasteiger partial charge < -0.3 is 0 Å². The first-order valence-corrected chi connectivity index (χ1v) is 28.5. The third-order valence-corrected chi connectivity index (χ3v) is 14.0. The van der Waals surface area contributed by atoms with Crippen LogP contribution < -0.4 is 0 Å². The summed E-state index contributed by atoms with van der Waals surface area (Å²) >= 11 is 27.6. The van der Waals surface area contributed by atoms with Crippen LogP contribution in [0.5, 0.6) is 0 Å². The van der Waals surface area contributed by atoms with Gasteiger partial charge in [-0.05, 0) is 196 Å². The van der Waals surface area contributed by atoms with E-state index < -0.39 is 0 Å². The molecule has 14 aromatic rings. The Morgan fingerprint density at radius 1 is 0.329 bits per heavy atom. The Morgan fingerprint density at radius 3 is 1.71 bits per heavy atom. The number of thiophene rings is 1. The van der Waals surface area contributed by atoms with Crippen molar-refractivity contribution < 1.29 is 0 Å². The normalized spacial score (nSPS) is 10.3. The lowest BCUT2D eigenvalue weighted by Gasteiger charge is -1.94. The van der Waals surface area contributed by atoms with Gasteiger partial charge in [0.05, 0.1) is 39.3 Å². The van der Waals surface area contributed by atoms with E-state index in [9.17, 15) is 0 Å². The molecule has 0 radical (unpaired) electrons. The molecule has 3 aromatic carbocycles. The van der Waals surface area contributed by atoms with Crippen LogP contribution in [-0.2, 0) is 0 Å². The van der Waals surface area contributed by atoms with Gasteiger partial charge in [-0.25, -0.2) is 15.0 Å². The van der Waals surface area contributed by atoms with Crippen LogP contribution in [0.25, 0.3) is 75.9 Å². The summed E-state index contributed by atoms with van der Waals surface area (Å²) in [7, 11) is 0. The number of aromatic nitrogens is 11. The predicted molar refractivity (Wildman–Crippen MR) is 332 cm³/mol. The number of pyridine rings is 9. The lowest BCUT2D eigenvalue weighted by atomic mass is 10.2. The fourth-order valence-corrected chi connectivity index (χ4v) is 9.68. The maximum Gasteiger partial charge on any atom is 0.159 e. The zero-order chi connectivity index (χ0) is 53.1. The molecule has 0 saturated heterocycles. The molecule has 11 heterocycles. The van der Waals surface area contributed by atoms with Gasteiger partial charge >= 0.3 is 0 Å². The number of hydrogen-bond donors (Lipinski definition) is 0. The van der Waals surface area contributed by atoms with Crippen molar-refractivity contribution >= 4 is 194 Å². The zero-order valence-electron chi connectivity index (χ0n) is 39.3. The smallest absolute Gasteiger partial charge is 0.159 e. The molecule has 11 nitrogen and oxygen atoms in total. The Balaban J connectivity index is 0.000000118. The average Bonchev–Trinajstić information content (AvgIpc) is 3.92. The topological polar surface area (TPSA) is 142 Å². The minimum atomic E-state index is 0.755. The van der Waals surface area contributed by atoms with Gasteiger partial charge in [-0.3, -0.25) is 29.9 Å². The third-order valence-electron chi connectivity index (χ3n) is 10.2. The molecule has 0 aliphatic rings. The van der Waals surface area contributed by atoms with Crippen LogP contribution in [0.4, 0.5) is 0 Å². The highest BCUT2D eigenvalue weighted by atomic mass is 79.9. The van der Waals surface area contributed by atoms with E-state index >= 15 is 0 Å². The van der Waals surface area contributed by atoms with Crippen LogP contribution in [0.3, 0.4) is 0 Å². The molecule has 374 valence electrons. The van der Waals surface area contributed by atoms with E-state index in [1.807, 2.05) is 139 Å². The second kappa shape index (κ2) is 28.8. The van der Waals surface area contributed by atoms with Crippen molar-refractivity contribution in [2.75, 3.05) is 0 Å². The highest BCUT2D eigenvalue weighted by Crippen LogP contribution is 2.23. The number of nitrogens with zero attached hydrogens (tertiary/aromatic N) is 11. The number of benzene rings is 3. The fraction of sp³-hybridized carbons (Fsp3) is 0. The fourth-order valence-electron chi connectivity index (χ4n) is 6.69. The van der Waals surface area contributed by atoms with Crippen molar-refractivity contribution in [2.24, 2.45) is 0 Å². The molecular formula is C57H36Br6ClN11S. The third kappa shape index (κ3) is 17.1. The van der Waals surface area contributed by atoms with E-state index in [-0.39, 0.29) is 0 Å².